The van der Waals surface area contributed by atoms with E-state index in [2.05, 4.69) is 10.3 Å². The molecule has 5 nitrogen and oxygen atoms in total. The van der Waals surface area contributed by atoms with E-state index in [1.165, 1.54) is 0 Å². The Balaban J connectivity index is 2.34. The summed E-state index contributed by atoms with van der Waals surface area (Å²) in [5.41, 5.74) is 2.68. The van der Waals surface area contributed by atoms with E-state index >= 15 is 0 Å². The van der Waals surface area contributed by atoms with E-state index in [-0.39, 0.29) is 5.91 Å². The van der Waals surface area contributed by atoms with Crippen LogP contribution in [0.25, 0.3) is 10.9 Å². The number of hydrogen-bond donors (Lipinski definition) is 1. The highest BCUT2D eigenvalue weighted by Gasteiger charge is 2.22. The Morgan fingerprint density at radius 3 is 2.64 bits per heavy atom. The van der Waals surface area contributed by atoms with Gasteiger partial charge in [-0.25, -0.2) is 4.79 Å². The Morgan fingerprint density at radius 1 is 1.27 bits per heavy atom. The Labute approximate surface area is 129 Å². The van der Waals surface area contributed by atoms with Gasteiger partial charge < -0.3 is 10.1 Å². The SMILES string of the molecule is CCNC(=O)C(C)OC(=O)c1c(C)nc2ccccc2c1C. The number of benzene rings is 1. The first-order valence-corrected chi connectivity index (χ1v) is 7.30. The van der Waals surface area contributed by atoms with Crippen molar-refractivity contribution in [3.63, 3.8) is 0 Å². The molecule has 0 spiro atoms. The first kappa shape index (κ1) is 15.9. The van der Waals surface area contributed by atoms with Gasteiger partial charge in [-0.05, 0) is 39.3 Å². The maximum atomic E-state index is 12.4. The van der Waals surface area contributed by atoms with E-state index in [4.69, 9.17) is 4.74 Å². The molecule has 1 atom stereocenters. The van der Waals surface area contributed by atoms with Crippen molar-refractivity contribution in [2.45, 2.75) is 33.8 Å². The largest absolute Gasteiger partial charge is 0.449 e. The van der Waals surface area contributed by atoms with Crippen molar-refractivity contribution in [2.75, 3.05) is 6.54 Å². The monoisotopic (exact) mass is 300 g/mol. The van der Waals surface area contributed by atoms with Gasteiger partial charge in [-0.3, -0.25) is 9.78 Å². The summed E-state index contributed by atoms with van der Waals surface area (Å²) in [7, 11) is 0. The average molecular weight is 300 g/mol. The number of nitrogens with one attached hydrogen (secondary N) is 1. The highest BCUT2D eigenvalue weighted by Crippen LogP contribution is 2.23. The first-order valence-electron chi connectivity index (χ1n) is 7.30. The smallest absolute Gasteiger partial charge is 0.341 e. The summed E-state index contributed by atoms with van der Waals surface area (Å²) in [6, 6.07) is 7.63. The van der Waals surface area contributed by atoms with Crippen LogP contribution in [0.4, 0.5) is 0 Å². The van der Waals surface area contributed by atoms with Gasteiger partial charge in [0.15, 0.2) is 6.10 Å². The Hall–Kier alpha value is -2.43. The van der Waals surface area contributed by atoms with Crippen LogP contribution in [0.3, 0.4) is 0 Å². The molecule has 0 bridgehead atoms. The molecule has 1 N–H and O–H groups in total. The Bertz CT molecular complexity index is 725. The number of nitrogens with zero attached hydrogens (tertiary/aromatic N) is 1. The zero-order valence-corrected chi connectivity index (χ0v) is 13.3. The highest BCUT2D eigenvalue weighted by molar-refractivity contribution is 5.99. The van der Waals surface area contributed by atoms with E-state index in [0.29, 0.717) is 17.8 Å². The Kier molecular flexibility index (Phi) is 4.75. The number of pyridine rings is 1. The summed E-state index contributed by atoms with van der Waals surface area (Å²) < 4.78 is 5.27. The van der Waals surface area contributed by atoms with Crippen LogP contribution in [0.2, 0.25) is 0 Å². The minimum absolute atomic E-state index is 0.306. The van der Waals surface area contributed by atoms with E-state index in [1.54, 1.807) is 13.8 Å². The topological polar surface area (TPSA) is 68.3 Å². The van der Waals surface area contributed by atoms with Crippen LogP contribution < -0.4 is 5.32 Å². The number of carbonyl (C=O) groups excluding carboxylic acids is 2. The first-order chi connectivity index (χ1) is 10.5. The predicted molar refractivity (Wildman–Crippen MR) is 84.8 cm³/mol. The number of hydrogen-bond acceptors (Lipinski definition) is 4. The molecular weight excluding hydrogens is 280 g/mol. The number of ether oxygens (including phenoxy) is 1. The summed E-state index contributed by atoms with van der Waals surface area (Å²) in [5, 5.41) is 3.54. The summed E-state index contributed by atoms with van der Waals surface area (Å²) in [6.45, 7) is 7.50. The van der Waals surface area contributed by atoms with Crippen LogP contribution in [-0.2, 0) is 9.53 Å². The van der Waals surface area contributed by atoms with Gasteiger partial charge in [0.2, 0.25) is 0 Å². The number of rotatable bonds is 4. The van der Waals surface area contributed by atoms with Crippen molar-refractivity contribution in [1.29, 1.82) is 0 Å². The lowest BCUT2D eigenvalue weighted by Crippen LogP contribution is -2.35. The van der Waals surface area contributed by atoms with Crippen LogP contribution in [0.5, 0.6) is 0 Å². The number of esters is 1. The number of likely N-dealkylation sites (N-methyl/N-ethyl adjacent to an activating group) is 1. The molecule has 0 radical (unpaired) electrons. The zero-order valence-electron chi connectivity index (χ0n) is 13.3. The minimum Gasteiger partial charge on any atom is -0.449 e. The lowest BCUT2D eigenvalue weighted by atomic mass is 10.0. The number of aromatic nitrogens is 1. The molecule has 1 heterocycles. The number of para-hydroxylation sites is 1. The molecule has 2 rings (SSSR count). The summed E-state index contributed by atoms with van der Waals surface area (Å²) in [6.07, 6.45) is -0.835. The fraction of sp³-hybridized carbons (Fsp3) is 0.353. The van der Waals surface area contributed by atoms with Gasteiger partial charge in [0.05, 0.1) is 16.8 Å². The average Bonchev–Trinajstić information content (AvgIpc) is 2.47. The molecule has 1 unspecified atom stereocenters. The molecule has 0 aliphatic rings. The van der Waals surface area contributed by atoms with E-state index in [9.17, 15) is 9.59 Å². The van der Waals surface area contributed by atoms with E-state index in [0.717, 1.165) is 16.5 Å². The van der Waals surface area contributed by atoms with Crippen molar-refractivity contribution in [1.82, 2.24) is 10.3 Å². The summed E-state index contributed by atoms with van der Waals surface area (Å²) >= 11 is 0. The van der Waals surface area contributed by atoms with Crippen LogP contribution in [0, 0.1) is 13.8 Å². The molecular formula is C17H20N2O3. The standard InChI is InChI=1S/C17H20N2O3/c1-5-18-16(20)12(4)22-17(21)15-10(2)13-8-6-7-9-14(13)19-11(15)3/h6-9,12H,5H2,1-4H3,(H,18,20). The Morgan fingerprint density at radius 2 is 1.95 bits per heavy atom. The second-order valence-corrected chi connectivity index (χ2v) is 5.16. The lowest BCUT2D eigenvalue weighted by molar-refractivity contribution is -0.128. The highest BCUT2D eigenvalue weighted by atomic mass is 16.5. The van der Waals surface area contributed by atoms with Crippen molar-refractivity contribution < 1.29 is 14.3 Å². The maximum absolute atomic E-state index is 12.4. The molecule has 1 amide bonds. The van der Waals surface area contributed by atoms with Gasteiger partial charge >= 0.3 is 5.97 Å². The summed E-state index contributed by atoms with van der Waals surface area (Å²) in [4.78, 5) is 28.5. The molecule has 5 heteroatoms. The molecule has 22 heavy (non-hydrogen) atoms. The number of aryl methyl sites for hydroxylation is 2. The van der Waals surface area contributed by atoms with Crippen LogP contribution >= 0.6 is 0 Å². The van der Waals surface area contributed by atoms with Crippen molar-refractivity contribution in [3.05, 3.63) is 41.1 Å². The summed E-state index contributed by atoms with van der Waals surface area (Å²) in [5.74, 6) is -0.827. The quantitative estimate of drug-likeness (QED) is 0.881. The number of carbonyl (C=O) groups is 2. The van der Waals surface area contributed by atoms with Crippen molar-refractivity contribution in [2.24, 2.45) is 0 Å². The third kappa shape index (κ3) is 3.08. The number of fused-ring (bicyclic) bond motifs is 1. The predicted octanol–water partition coefficient (Wildman–Crippen LogP) is 2.53. The van der Waals surface area contributed by atoms with Crippen LogP contribution in [-0.4, -0.2) is 29.5 Å². The second kappa shape index (κ2) is 6.56. The fourth-order valence-corrected chi connectivity index (χ4v) is 2.42. The van der Waals surface area contributed by atoms with Crippen molar-refractivity contribution >= 4 is 22.8 Å². The molecule has 0 saturated heterocycles. The van der Waals surface area contributed by atoms with Gasteiger partial charge in [-0.1, -0.05) is 18.2 Å². The second-order valence-electron chi connectivity index (χ2n) is 5.16. The fourth-order valence-electron chi connectivity index (χ4n) is 2.42. The normalized spacial score (nSPS) is 12.0. The minimum atomic E-state index is -0.835. The molecule has 0 fully saturated rings. The van der Waals surface area contributed by atoms with Gasteiger partial charge in [0.25, 0.3) is 5.91 Å². The third-order valence-electron chi connectivity index (χ3n) is 3.54. The third-order valence-corrected chi connectivity index (χ3v) is 3.54. The molecule has 0 saturated carbocycles. The molecule has 0 aliphatic carbocycles. The molecule has 1 aromatic carbocycles. The van der Waals surface area contributed by atoms with Gasteiger partial charge in [0.1, 0.15) is 0 Å². The molecule has 2 aromatic rings. The lowest BCUT2D eigenvalue weighted by Gasteiger charge is -2.15. The van der Waals surface area contributed by atoms with Gasteiger partial charge in [-0.15, -0.1) is 0 Å². The zero-order chi connectivity index (χ0) is 16.3. The van der Waals surface area contributed by atoms with E-state index < -0.39 is 12.1 Å². The van der Waals surface area contributed by atoms with Gasteiger partial charge in [-0.2, -0.15) is 0 Å². The number of amides is 1. The molecule has 116 valence electrons. The maximum Gasteiger partial charge on any atom is 0.341 e. The van der Waals surface area contributed by atoms with E-state index in [1.807, 2.05) is 38.1 Å². The van der Waals surface area contributed by atoms with Crippen LogP contribution in [0.15, 0.2) is 24.3 Å². The van der Waals surface area contributed by atoms with Crippen LogP contribution in [0.1, 0.15) is 35.5 Å². The molecule has 1 aromatic heterocycles. The van der Waals surface area contributed by atoms with Gasteiger partial charge in [0, 0.05) is 11.9 Å². The van der Waals surface area contributed by atoms with Crippen molar-refractivity contribution in [3.8, 4) is 0 Å². The molecule has 0 aliphatic heterocycles.